The van der Waals surface area contributed by atoms with Crippen molar-refractivity contribution in [1.29, 1.82) is 0 Å². The van der Waals surface area contributed by atoms with Gasteiger partial charge in [0, 0.05) is 0 Å². The van der Waals surface area contributed by atoms with Gasteiger partial charge in [-0.25, -0.2) is 0 Å². The van der Waals surface area contributed by atoms with Crippen molar-refractivity contribution in [2.75, 3.05) is 0 Å². The van der Waals surface area contributed by atoms with Gasteiger partial charge in [-0.1, -0.05) is 0 Å². The summed E-state index contributed by atoms with van der Waals surface area (Å²) in [4.78, 5) is 11.5. The quantitative estimate of drug-likeness (QED) is 0.123. The van der Waals surface area contributed by atoms with Crippen molar-refractivity contribution in [3.8, 4) is 0 Å². The molecule has 2 nitrogen and oxygen atoms in total. The average Bonchev–Trinajstić information content (AvgIpc) is 2.99. The molecule has 4 radical (unpaired) electrons. The Labute approximate surface area is 349 Å². The van der Waals surface area contributed by atoms with Gasteiger partial charge in [-0.15, -0.1) is 0 Å². The molecule has 0 N–H and O–H groups in total. The van der Waals surface area contributed by atoms with Crippen molar-refractivity contribution in [3.63, 3.8) is 0 Å². The Bertz CT molecular complexity index is 1530. The van der Waals surface area contributed by atoms with Crippen LogP contribution in [0.3, 0.4) is 0 Å². The number of rotatable bonds is 16. The zero-order valence-electron chi connectivity index (χ0n) is 33.8. The minimum atomic E-state index is -1.89. The molecule has 1 aliphatic heterocycles. The number of aromatic nitrogens is 2. The summed E-state index contributed by atoms with van der Waals surface area (Å²) in [5.74, 6) is 0. The molecule has 50 heavy (non-hydrogen) atoms. The molecule has 2 aromatic rings. The predicted octanol–water partition coefficient (Wildman–Crippen LogP) is 12.0. The molecule has 0 saturated carbocycles. The fourth-order valence-corrected chi connectivity index (χ4v) is 81.0. The van der Waals surface area contributed by atoms with Crippen molar-refractivity contribution < 1.29 is 0 Å². The van der Waals surface area contributed by atoms with Gasteiger partial charge in [0.2, 0.25) is 0 Å². The molecule has 1 aliphatic rings. The second-order valence-electron chi connectivity index (χ2n) is 16.9. The second kappa shape index (κ2) is 17.6. The van der Waals surface area contributed by atoms with Crippen molar-refractivity contribution in [2.45, 2.75) is 171 Å². The van der Waals surface area contributed by atoms with Gasteiger partial charge in [-0.2, -0.15) is 0 Å². The van der Waals surface area contributed by atoms with Crippen molar-refractivity contribution >= 4 is 114 Å². The van der Waals surface area contributed by atoms with Crippen molar-refractivity contribution in [1.82, 2.24) is 9.97 Å². The Morgan fingerprint density at radius 2 is 0.720 bits per heavy atom. The second-order valence-corrected chi connectivity index (χ2v) is 64.0. The molecule has 12 heteroatoms. The van der Waals surface area contributed by atoms with Crippen LogP contribution in [-0.4, -0.2) is 97.5 Å². The van der Waals surface area contributed by atoms with E-state index >= 15 is 0 Å². The van der Waals surface area contributed by atoms with Crippen LogP contribution in [0.15, 0.2) is 36.4 Å². The molecular weight excluding hydrogens is 974 g/mol. The zero-order valence-corrected chi connectivity index (χ0v) is 46.4. The fourth-order valence-electron chi connectivity index (χ4n) is 8.20. The summed E-state index contributed by atoms with van der Waals surface area (Å²) in [6.07, 6.45) is 1.87. The van der Waals surface area contributed by atoms with E-state index in [1.165, 1.54) is 22.8 Å². The Morgan fingerprint density at radius 3 is 0.940 bits per heavy atom. The third-order valence-corrected chi connectivity index (χ3v) is 79.2. The summed E-state index contributed by atoms with van der Waals surface area (Å²) in [5.41, 5.74) is 9.00. The van der Waals surface area contributed by atoms with Crippen LogP contribution in [0.5, 0.6) is 0 Å². The van der Waals surface area contributed by atoms with Gasteiger partial charge < -0.3 is 0 Å². The Kier molecular flexibility index (Phi) is 16.5. The molecule has 1 fully saturated rings. The summed E-state index contributed by atoms with van der Waals surface area (Å²) in [6.45, 7) is 38.2. The van der Waals surface area contributed by atoms with Gasteiger partial charge in [0.05, 0.1) is 0 Å². The topological polar surface area (TPSA) is 25.8 Å². The van der Waals surface area contributed by atoms with Crippen molar-refractivity contribution in [2.24, 2.45) is 0 Å². The summed E-state index contributed by atoms with van der Waals surface area (Å²) >= 11 is 24.7. The molecule has 0 atom stereocenters. The monoisotopic (exact) mass is 1040 g/mol. The third-order valence-electron chi connectivity index (χ3n) is 11.5. The van der Waals surface area contributed by atoms with Gasteiger partial charge in [0.15, 0.2) is 0 Å². The maximum absolute atomic E-state index is 7.21. The van der Waals surface area contributed by atoms with Gasteiger partial charge >= 0.3 is 354 Å². The molecular formula is C38H66N2P4S4Sn2. The van der Waals surface area contributed by atoms with Gasteiger partial charge in [0.25, 0.3) is 0 Å². The van der Waals surface area contributed by atoms with Crippen LogP contribution in [0.2, 0.25) is 0 Å². The molecule has 0 spiro atoms. The molecule has 0 aliphatic carbocycles. The Balaban J connectivity index is 2.39. The van der Waals surface area contributed by atoms with Crippen LogP contribution in [0.4, 0.5) is 0 Å². The summed E-state index contributed by atoms with van der Waals surface area (Å²) < 4.78 is 0.254. The van der Waals surface area contributed by atoms with Crippen LogP contribution in [0.1, 0.15) is 134 Å². The van der Waals surface area contributed by atoms with E-state index in [2.05, 4.69) is 147 Å². The standard InChI is InChI=1S/2C19H33NP2S2.2Sn/c2*1-14(2)21(23,15(3)4)12-18-10-9-11-19(20-18)13-22(24,16(5)6)17(7)8;;/h2*9-11,14-17H,12H2,1-8H3;;. The molecule has 0 aromatic carbocycles. The summed E-state index contributed by atoms with van der Waals surface area (Å²) in [6, 6.07) is 6.89. The van der Waals surface area contributed by atoms with Gasteiger partial charge in [-0.05, 0) is 0 Å². The number of hydrogen-bond acceptors (Lipinski definition) is 6. The zero-order chi connectivity index (χ0) is 38.4. The van der Waals surface area contributed by atoms with Crippen molar-refractivity contribution in [3.05, 3.63) is 59.2 Å². The number of nitrogens with zero attached hydrogens (tertiary/aromatic N) is 2. The first-order valence-corrected chi connectivity index (χ1v) is 36.5. The SMILES string of the molecule is CC(C)P(=S)(Cc1cccc([C]2(P(=S)(C(C)C)C(C)C)[Sn][C](c3cccc(CP(=S)(C(C)C)C(C)C)n3)(P(=S)(C(C)C)C(C)C)[Sn]2)n1)C(C)C. The van der Waals surface area contributed by atoms with E-state index in [0.29, 0.717) is 45.3 Å². The van der Waals surface area contributed by atoms with Crippen LogP contribution < -0.4 is 0 Å². The van der Waals surface area contributed by atoms with Crippen LogP contribution in [0.25, 0.3) is 0 Å². The van der Waals surface area contributed by atoms with E-state index in [4.69, 9.17) is 57.2 Å². The van der Waals surface area contributed by atoms with E-state index in [9.17, 15) is 0 Å². The predicted molar refractivity (Wildman–Crippen MR) is 249 cm³/mol. The van der Waals surface area contributed by atoms with Crippen LogP contribution in [0, 0.1) is 0 Å². The Morgan fingerprint density at radius 1 is 0.460 bits per heavy atom. The maximum atomic E-state index is 7.21. The van der Waals surface area contributed by atoms with Crippen LogP contribution in [-0.2, 0) is 61.9 Å². The van der Waals surface area contributed by atoms with Crippen LogP contribution >= 0.6 is 24.2 Å². The van der Waals surface area contributed by atoms with E-state index in [0.717, 1.165) is 12.3 Å². The molecule has 0 amide bonds. The molecule has 2 aromatic heterocycles. The first-order chi connectivity index (χ1) is 22.8. The number of pyridine rings is 2. The van der Waals surface area contributed by atoms with E-state index in [1.807, 2.05) is 0 Å². The molecule has 0 unspecified atom stereocenters. The first-order valence-electron chi connectivity index (χ1n) is 18.7. The molecule has 3 heterocycles. The third kappa shape index (κ3) is 8.24. The minimum absolute atomic E-state index is 0.127. The molecule has 0 bridgehead atoms. The first kappa shape index (κ1) is 46.9. The summed E-state index contributed by atoms with van der Waals surface area (Å²) in [7, 11) is 0. The molecule has 280 valence electrons. The van der Waals surface area contributed by atoms with E-state index in [1.54, 1.807) is 0 Å². The van der Waals surface area contributed by atoms with Gasteiger partial charge in [0.1, 0.15) is 0 Å². The van der Waals surface area contributed by atoms with E-state index in [-0.39, 0.29) is 2.38 Å². The Hall–Kier alpha value is 2.50. The van der Waals surface area contributed by atoms with Gasteiger partial charge in [-0.3, -0.25) is 0 Å². The fraction of sp³-hybridized carbons (Fsp3) is 0.737. The normalized spacial score (nSPS) is 21.1. The molecule has 1 saturated heterocycles. The summed E-state index contributed by atoms with van der Waals surface area (Å²) in [5, 5.41) is 0. The number of hydrogen-bond donors (Lipinski definition) is 0. The average molecular weight is 1040 g/mol. The molecule has 3 rings (SSSR count). The van der Waals surface area contributed by atoms with E-state index < -0.39 is 66.4 Å².